The molecular formula is C14H26N2. The van der Waals surface area contributed by atoms with Crippen molar-refractivity contribution < 1.29 is 0 Å². The van der Waals surface area contributed by atoms with E-state index in [0.29, 0.717) is 5.41 Å². The molecular weight excluding hydrogens is 196 g/mol. The number of nitrogens with one attached hydrogen (secondary N) is 1. The van der Waals surface area contributed by atoms with Crippen LogP contribution in [0.3, 0.4) is 0 Å². The molecule has 1 aliphatic rings. The highest BCUT2D eigenvalue weighted by Gasteiger charge is 2.33. The van der Waals surface area contributed by atoms with E-state index in [1.54, 1.807) is 0 Å². The van der Waals surface area contributed by atoms with Gasteiger partial charge in [-0.2, -0.15) is 0 Å². The van der Waals surface area contributed by atoms with Crippen LogP contribution in [0.1, 0.15) is 52.9 Å². The molecule has 2 heteroatoms. The monoisotopic (exact) mass is 222 g/mol. The highest BCUT2D eigenvalue weighted by atomic mass is 15.0. The van der Waals surface area contributed by atoms with Crippen LogP contribution >= 0.6 is 0 Å². The van der Waals surface area contributed by atoms with Crippen molar-refractivity contribution in [2.75, 3.05) is 13.1 Å². The van der Waals surface area contributed by atoms with Gasteiger partial charge < -0.3 is 5.73 Å². The molecule has 3 N–H and O–H groups in total. The highest BCUT2D eigenvalue weighted by molar-refractivity contribution is 5.02. The molecule has 0 saturated heterocycles. The van der Waals surface area contributed by atoms with E-state index in [9.17, 15) is 0 Å². The molecule has 1 saturated carbocycles. The molecule has 1 fully saturated rings. The smallest absolute Gasteiger partial charge is 0.0581 e. The topological polar surface area (TPSA) is 38.0 Å². The maximum atomic E-state index is 5.97. The van der Waals surface area contributed by atoms with Crippen molar-refractivity contribution in [3.8, 4) is 11.8 Å². The second kappa shape index (κ2) is 5.70. The molecule has 0 aromatic carbocycles. The largest absolute Gasteiger partial charge is 0.329 e. The molecule has 0 heterocycles. The zero-order valence-corrected chi connectivity index (χ0v) is 11.0. The first-order chi connectivity index (χ1) is 7.54. The Balaban J connectivity index is 2.60. The van der Waals surface area contributed by atoms with Gasteiger partial charge in [-0.1, -0.05) is 26.2 Å². The SMILES string of the molecule is CC#CCNC1(CN)CCCC(C)(C)CC1. The van der Waals surface area contributed by atoms with Gasteiger partial charge in [0, 0.05) is 12.1 Å². The first kappa shape index (κ1) is 13.5. The predicted octanol–water partition coefficient (Wildman–Crippen LogP) is 2.29. The second-order valence-electron chi connectivity index (χ2n) is 5.78. The van der Waals surface area contributed by atoms with E-state index in [1.165, 1.54) is 32.1 Å². The Morgan fingerprint density at radius 3 is 2.56 bits per heavy atom. The van der Waals surface area contributed by atoms with Gasteiger partial charge in [-0.25, -0.2) is 0 Å². The van der Waals surface area contributed by atoms with Crippen molar-refractivity contribution in [1.82, 2.24) is 5.32 Å². The summed E-state index contributed by atoms with van der Waals surface area (Å²) in [5.41, 5.74) is 6.59. The third kappa shape index (κ3) is 3.81. The van der Waals surface area contributed by atoms with Gasteiger partial charge in [0.25, 0.3) is 0 Å². The zero-order valence-electron chi connectivity index (χ0n) is 11.0. The fourth-order valence-electron chi connectivity index (χ4n) is 2.51. The minimum atomic E-state index is 0.137. The van der Waals surface area contributed by atoms with Crippen LogP contribution in [-0.2, 0) is 0 Å². The van der Waals surface area contributed by atoms with Gasteiger partial charge >= 0.3 is 0 Å². The van der Waals surface area contributed by atoms with E-state index in [2.05, 4.69) is 31.0 Å². The summed E-state index contributed by atoms with van der Waals surface area (Å²) < 4.78 is 0. The Hall–Kier alpha value is -0.520. The quantitative estimate of drug-likeness (QED) is 0.568. The Morgan fingerprint density at radius 2 is 1.94 bits per heavy atom. The van der Waals surface area contributed by atoms with Crippen molar-refractivity contribution in [2.24, 2.45) is 11.1 Å². The van der Waals surface area contributed by atoms with Gasteiger partial charge in [-0.15, -0.1) is 5.92 Å². The fourth-order valence-corrected chi connectivity index (χ4v) is 2.51. The van der Waals surface area contributed by atoms with Gasteiger partial charge in [0.1, 0.15) is 0 Å². The summed E-state index contributed by atoms with van der Waals surface area (Å²) in [7, 11) is 0. The third-order valence-electron chi connectivity index (χ3n) is 3.91. The summed E-state index contributed by atoms with van der Waals surface area (Å²) in [4.78, 5) is 0. The molecule has 0 radical (unpaired) electrons. The number of hydrogen-bond donors (Lipinski definition) is 2. The van der Waals surface area contributed by atoms with Crippen LogP contribution < -0.4 is 11.1 Å². The normalized spacial score (nSPS) is 29.0. The molecule has 92 valence electrons. The van der Waals surface area contributed by atoms with Crippen LogP contribution in [0.15, 0.2) is 0 Å². The molecule has 0 bridgehead atoms. The van der Waals surface area contributed by atoms with Crippen LogP contribution in [0.5, 0.6) is 0 Å². The van der Waals surface area contributed by atoms with Crippen LogP contribution in [0.2, 0.25) is 0 Å². The van der Waals surface area contributed by atoms with Crippen molar-refractivity contribution in [2.45, 2.75) is 58.4 Å². The number of nitrogens with two attached hydrogens (primary N) is 1. The first-order valence-electron chi connectivity index (χ1n) is 6.38. The van der Waals surface area contributed by atoms with E-state index in [4.69, 9.17) is 5.73 Å². The molecule has 0 spiro atoms. The highest BCUT2D eigenvalue weighted by Crippen LogP contribution is 2.37. The zero-order chi connectivity index (χ0) is 12.1. The molecule has 0 aliphatic heterocycles. The van der Waals surface area contributed by atoms with Crippen LogP contribution in [0.4, 0.5) is 0 Å². The molecule has 16 heavy (non-hydrogen) atoms. The lowest BCUT2D eigenvalue weighted by molar-refractivity contribution is 0.274. The van der Waals surface area contributed by atoms with E-state index < -0.39 is 0 Å². The molecule has 1 aliphatic carbocycles. The average Bonchev–Trinajstić information content (AvgIpc) is 2.39. The summed E-state index contributed by atoms with van der Waals surface area (Å²) >= 11 is 0. The standard InChI is InChI=1S/C14H26N2/c1-4-5-11-16-14(12-15)8-6-7-13(2,3)9-10-14/h16H,6-12,15H2,1-3H3. The molecule has 0 aromatic heterocycles. The summed E-state index contributed by atoms with van der Waals surface area (Å²) in [6.45, 7) is 8.12. The van der Waals surface area contributed by atoms with Crippen LogP contribution in [0.25, 0.3) is 0 Å². The summed E-state index contributed by atoms with van der Waals surface area (Å²) in [5.74, 6) is 6.01. The third-order valence-corrected chi connectivity index (χ3v) is 3.91. The second-order valence-corrected chi connectivity index (χ2v) is 5.78. The maximum Gasteiger partial charge on any atom is 0.0581 e. The Morgan fingerprint density at radius 1 is 1.19 bits per heavy atom. The minimum absolute atomic E-state index is 0.137. The fraction of sp³-hybridized carbons (Fsp3) is 0.857. The lowest BCUT2D eigenvalue weighted by atomic mass is 9.83. The van der Waals surface area contributed by atoms with Gasteiger partial charge in [0.15, 0.2) is 0 Å². The van der Waals surface area contributed by atoms with Crippen molar-refractivity contribution in [1.29, 1.82) is 0 Å². The molecule has 2 nitrogen and oxygen atoms in total. The van der Waals surface area contributed by atoms with Crippen LogP contribution in [-0.4, -0.2) is 18.6 Å². The first-order valence-corrected chi connectivity index (χ1v) is 6.38. The Labute approximate surface area is 100 Å². The molecule has 1 unspecified atom stereocenters. The van der Waals surface area contributed by atoms with Crippen molar-refractivity contribution in [3.05, 3.63) is 0 Å². The summed E-state index contributed by atoms with van der Waals surface area (Å²) in [5, 5.41) is 3.56. The Bertz CT molecular complexity index is 272. The predicted molar refractivity (Wildman–Crippen MR) is 70.1 cm³/mol. The van der Waals surface area contributed by atoms with Gasteiger partial charge in [-0.3, -0.25) is 5.32 Å². The lowest BCUT2D eigenvalue weighted by Gasteiger charge is -2.32. The number of rotatable bonds is 3. The molecule has 1 rings (SSSR count). The number of hydrogen-bond acceptors (Lipinski definition) is 2. The van der Waals surface area contributed by atoms with E-state index in [0.717, 1.165) is 13.1 Å². The lowest BCUT2D eigenvalue weighted by Crippen LogP contribution is -2.51. The van der Waals surface area contributed by atoms with Gasteiger partial charge in [-0.05, 0) is 38.0 Å². The van der Waals surface area contributed by atoms with Gasteiger partial charge in [0.05, 0.1) is 6.54 Å². The summed E-state index contributed by atoms with van der Waals surface area (Å²) in [6.07, 6.45) is 6.23. The van der Waals surface area contributed by atoms with E-state index >= 15 is 0 Å². The summed E-state index contributed by atoms with van der Waals surface area (Å²) in [6, 6.07) is 0. The molecule has 1 atom stereocenters. The maximum absolute atomic E-state index is 5.97. The molecule has 0 aromatic rings. The Kier molecular flexibility index (Phi) is 4.83. The van der Waals surface area contributed by atoms with Gasteiger partial charge in [0.2, 0.25) is 0 Å². The van der Waals surface area contributed by atoms with Crippen molar-refractivity contribution >= 4 is 0 Å². The van der Waals surface area contributed by atoms with Crippen molar-refractivity contribution in [3.63, 3.8) is 0 Å². The molecule has 0 amide bonds. The average molecular weight is 222 g/mol. The van der Waals surface area contributed by atoms with Crippen LogP contribution in [0, 0.1) is 17.3 Å². The minimum Gasteiger partial charge on any atom is -0.329 e. The van der Waals surface area contributed by atoms with E-state index in [-0.39, 0.29) is 5.54 Å². The van der Waals surface area contributed by atoms with E-state index in [1.807, 2.05) is 6.92 Å².